The van der Waals surface area contributed by atoms with Crippen LogP contribution >= 0.6 is 23.4 Å². The van der Waals surface area contributed by atoms with E-state index in [2.05, 4.69) is 15.0 Å². The quantitative estimate of drug-likeness (QED) is 0.741. The fraction of sp³-hybridized carbons (Fsp3) is 0.176. The number of rotatable bonds is 6. The summed E-state index contributed by atoms with van der Waals surface area (Å²) in [4.78, 5) is 16.1. The maximum absolute atomic E-state index is 12.3. The third-order valence-corrected chi connectivity index (χ3v) is 6.07. The van der Waals surface area contributed by atoms with Crippen molar-refractivity contribution in [1.29, 1.82) is 0 Å². The summed E-state index contributed by atoms with van der Waals surface area (Å²) in [5, 5.41) is 3.62. The highest BCUT2D eigenvalue weighted by Crippen LogP contribution is 2.18. The Morgan fingerprint density at radius 1 is 1.15 bits per heavy atom. The van der Waals surface area contributed by atoms with Crippen LogP contribution in [0, 0.1) is 0 Å². The second-order valence-electron chi connectivity index (χ2n) is 5.46. The SMILES string of the molecule is O=C(COc1ccc(Cl)cc1)Nc1ccc(S(=O)(=O)NC2=NCCS2)cc1. The van der Waals surface area contributed by atoms with Crippen molar-refractivity contribution in [3.05, 3.63) is 53.6 Å². The van der Waals surface area contributed by atoms with E-state index in [1.54, 1.807) is 24.3 Å². The number of amidine groups is 1. The van der Waals surface area contributed by atoms with Crippen LogP contribution in [-0.2, 0) is 14.8 Å². The maximum Gasteiger partial charge on any atom is 0.263 e. The van der Waals surface area contributed by atoms with Gasteiger partial charge in [-0.3, -0.25) is 14.5 Å². The standard InChI is InChI=1S/C17H16ClN3O4S2/c18-12-1-5-14(6-2-12)25-11-16(22)20-13-3-7-15(8-4-13)27(23,24)21-17-19-9-10-26-17/h1-8H,9-11H2,(H,19,21)(H,20,22). The van der Waals surface area contributed by atoms with Gasteiger partial charge in [0, 0.05) is 16.5 Å². The number of carbonyl (C=O) groups is 1. The van der Waals surface area contributed by atoms with Crippen LogP contribution in [0.25, 0.3) is 0 Å². The van der Waals surface area contributed by atoms with Crippen LogP contribution in [0.3, 0.4) is 0 Å². The normalized spacial score (nSPS) is 13.7. The molecule has 0 aromatic heterocycles. The molecule has 1 heterocycles. The third kappa shape index (κ3) is 5.62. The number of nitrogens with zero attached hydrogens (tertiary/aromatic N) is 1. The first-order valence-electron chi connectivity index (χ1n) is 7.91. The first-order valence-corrected chi connectivity index (χ1v) is 10.8. The lowest BCUT2D eigenvalue weighted by Gasteiger charge is -2.09. The molecule has 2 aromatic carbocycles. The lowest BCUT2D eigenvalue weighted by molar-refractivity contribution is -0.118. The van der Waals surface area contributed by atoms with Gasteiger partial charge in [-0.25, -0.2) is 8.42 Å². The van der Waals surface area contributed by atoms with Gasteiger partial charge in [-0.15, -0.1) is 0 Å². The number of sulfonamides is 1. The summed E-state index contributed by atoms with van der Waals surface area (Å²) in [5.74, 6) is 0.922. The number of benzene rings is 2. The zero-order valence-corrected chi connectivity index (χ0v) is 16.4. The summed E-state index contributed by atoms with van der Waals surface area (Å²) in [7, 11) is -3.69. The number of carbonyl (C=O) groups excluding carboxylic acids is 1. The highest BCUT2D eigenvalue weighted by Gasteiger charge is 2.18. The van der Waals surface area contributed by atoms with Crippen molar-refractivity contribution in [1.82, 2.24) is 4.72 Å². The molecule has 0 radical (unpaired) electrons. The highest BCUT2D eigenvalue weighted by atomic mass is 35.5. The van der Waals surface area contributed by atoms with Gasteiger partial charge in [0.2, 0.25) is 0 Å². The van der Waals surface area contributed by atoms with Crippen molar-refractivity contribution >= 4 is 50.1 Å². The minimum absolute atomic E-state index is 0.0908. The smallest absolute Gasteiger partial charge is 0.263 e. The molecule has 10 heteroatoms. The number of amides is 1. The van der Waals surface area contributed by atoms with E-state index in [1.807, 2.05) is 0 Å². The lowest BCUT2D eigenvalue weighted by Crippen LogP contribution is -2.27. The van der Waals surface area contributed by atoms with Gasteiger partial charge in [-0.1, -0.05) is 23.4 Å². The topological polar surface area (TPSA) is 96.9 Å². The summed E-state index contributed by atoms with van der Waals surface area (Å²) in [5.41, 5.74) is 0.464. The van der Waals surface area contributed by atoms with Gasteiger partial charge in [0.15, 0.2) is 11.8 Å². The van der Waals surface area contributed by atoms with E-state index in [1.165, 1.54) is 36.0 Å². The van der Waals surface area contributed by atoms with Gasteiger partial charge in [-0.05, 0) is 48.5 Å². The average Bonchev–Trinajstić information content (AvgIpc) is 3.14. The number of thioether (sulfide) groups is 1. The zero-order valence-electron chi connectivity index (χ0n) is 14.0. The van der Waals surface area contributed by atoms with Crippen molar-refractivity contribution in [2.24, 2.45) is 4.99 Å². The number of halogens is 1. The van der Waals surface area contributed by atoms with E-state index in [0.717, 1.165) is 5.75 Å². The van der Waals surface area contributed by atoms with Gasteiger partial charge >= 0.3 is 0 Å². The van der Waals surface area contributed by atoms with Crippen molar-refractivity contribution in [2.75, 3.05) is 24.2 Å². The molecule has 0 atom stereocenters. The second kappa shape index (κ2) is 8.64. The van der Waals surface area contributed by atoms with Gasteiger partial charge in [0.1, 0.15) is 5.75 Å². The average molecular weight is 426 g/mol. The van der Waals surface area contributed by atoms with Crippen molar-refractivity contribution in [2.45, 2.75) is 4.90 Å². The molecule has 0 bridgehead atoms. The largest absolute Gasteiger partial charge is 0.484 e. The van der Waals surface area contributed by atoms with E-state index in [9.17, 15) is 13.2 Å². The molecule has 1 amide bonds. The molecule has 0 fully saturated rings. The first kappa shape index (κ1) is 19.5. The Morgan fingerprint density at radius 3 is 2.48 bits per heavy atom. The minimum atomic E-state index is -3.69. The molecule has 2 aromatic rings. The molecule has 7 nitrogen and oxygen atoms in total. The Kier molecular flexibility index (Phi) is 6.25. The summed E-state index contributed by atoms with van der Waals surface area (Å²) in [6.07, 6.45) is 0. The number of aliphatic imine (C=N–C) groups is 1. The van der Waals surface area contributed by atoms with E-state index >= 15 is 0 Å². The van der Waals surface area contributed by atoms with Crippen LogP contribution in [0.2, 0.25) is 5.02 Å². The molecular formula is C17H16ClN3O4S2. The fourth-order valence-electron chi connectivity index (χ4n) is 2.16. The van der Waals surface area contributed by atoms with E-state index < -0.39 is 10.0 Å². The van der Waals surface area contributed by atoms with Crippen LogP contribution in [0.5, 0.6) is 5.75 Å². The molecule has 1 aliphatic rings. The van der Waals surface area contributed by atoms with E-state index in [0.29, 0.717) is 28.2 Å². The molecule has 0 saturated carbocycles. The third-order valence-electron chi connectivity index (χ3n) is 3.44. The lowest BCUT2D eigenvalue weighted by atomic mass is 10.3. The van der Waals surface area contributed by atoms with Gasteiger partial charge in [0.05, 0.1) is 11.4 Å². The van der Waals surface area contributed by atoms with Crippen molar-refractivity contribution < 1.29 is 17.9 Å². The van der Waals surface area contributed by atoms with Crippen LogP contribution in [0.15, 0.2) is 58.4 Å². The summed E-state index contributed by atoms with van der Waals surface area (Å²) < 4.78 is 32.4. The summed E-state index contributed by atoms with van der Waals surface area (Å²) in [6.45, 7) is 0.422. The molecule has 142 valence electrons. The zero-order chi connectivity index (χ0) is 19.3. The van der Waals surface area contributed by atoms with Gasteiger partial charge in [0.25, 0.3) is 15.9 Å². The molecule has 3 rings (SSSR count). The van der Waals surface area contributed by atoms with Gasteiger partial charge in [-0.2, -0.15) is 0 Å². The molecule has 2 N–H and O–H groups in total. The molecule has 0 saturated heterocycles. The number of anilines is 1. The van der Waals surface area contributed by atoms with E-state index in [-0.39, 0.29) is 17.4 Å². The Labute approximate surface area is 166 Å². The molecule has 27 heavy (non-hydrogen) atoms. The molecule has 0 aliphatic carbocycles. The molecule has 0 unspecified atom stereocenters. The number of hydrogen-bond acceptors (Lipinski definition) is 6. The summed E-state index contributed by atoms with van der Waals surface area (Å²) in [6, 6.07) is 12.5. The van der Waals surface area contributed by atoms with Crippen LogP contribution < -0.4 is 14.8 Å². The highest BCUT2D eigenvalue weighted by molar-refractivity contribution is 8.15. The maximum atomic E-state index is 12.3. The van der Waals surface area contributed by atoms with Crippen molar-refractivity contribution in [3.63, 3.8) is 0 Å². The fourth-order valence-corrected chi connectivity index (χ4v) is 4.32. The number of ether oxygens (including phenoxy) is 1. The molecule has 1 aliphatic heterocycles. The van der Waals surface area contributed by atoms with Crippen molar-refractivity contribution in [3.8, 4) is 5.75 Å². The summed E-state index contributed by atoms with van der Waals surface area (Å²) >= 11 is 7.15. The first-order chi connectivity index (χ1) is 12.9. The van der Waals surface area contributed by atoms with Crippen LogP contribution in [-0.4, -0.2) is 38.4 Å². The number of nitrogens with one attached hydrogen (secondary N) is 2. The Morgan fingerprint density at radius 2 is 1.85 bits per heavy atom. The Balaban J connectivity index is 1.55. The van der Waals surface area contributed by atoms with Crippen LogP contribution in [0.4, 0.5) is 5.69 Å². The Hall–Kier alpha value is -2.23. The second-order valence-corrected chi connectivity index (χ2v) is 8.66. The Bertz CT molecular complexity index is 945. The predicted molar refractivity (Wildman–Crippen MR) is 107 cm³/mol. The van der Waals surface area contributed by atoms with Gasteiger partial charge < -0.3 is 10.1 Å². The molecular weight excluding hydrogens is 410 g/mol. The van der Waals surface area contributed by atoms with E-state index in [4.69, 9.17) is 16.3 Å². The number of hydrogen-bond donors (Lipinski definition) is 2. The molecule has 0 spiro atoms. The monoisotopic (exact) mass is 425 g/mol. The predicted octanol–water partition coefficient (Wildman–Crippen LogP) is 2.74. The van der Waals surface area contributed by atoms with Crippen LogP contribution in [0.1, 0.15) is 0 Å². The minimum Gasteiger partial charge on any atom is -0.484 e.